The summed E-state index contributed by atoms with van der Waals surface area (Å²) in [6, 6.07) is 1.70. The minimum atomic E-state index is -0.0240. The van der Waals surface area contributed by atoms with Gasteiger partial charge in [0.1, 0.15) is 11.6 Å². The van der Waals surface area contributed by atoms with Crippen LogP contribution in [0.2, 0.25) is 0 Å². The van der Waals surface area contributed by atoms with E-state index in [0.29, 0.717) is 17.4 Å². The molecule has 6 nitrogen and oxygen atoms in total. The lowest BCUT2D eigenvalue weighted by Crippen LogP contribution is -2.39. The number of hydrogen-bond acceptors (Lipinski definition) is 4. The van der Waals surface area contributed by atoms with Gasteiger partial charge in [-0.15, -0.1) is 0 Å². The van der Waals surface area contributed by atoms with Gasteiger partial charge >= 0.3 is 0 Å². The summed E-state index contributed by atoms with van der Waals surface area (Å²) in [6.45, 7) is 6.36. The molecule has 0 aromatic carbocycles. The topological polar surface area (TPSA) is 64.2 Å². The van der Waals surface area contributed by atoms with Crippen LogP contribution in [0.25, 0.3) is 0 Å². The van der Waals surface area contributed by atoms with Crippen molar-refractivity contribution in [3.8, 4) is 0 Å². The lowest BCUT2D eigenvalue weighted by atomic mass is 9.96. The molecule has 21 heavy (non-hydrogen) atoms. The fourth-order valence-corrected chi connectivity index (χ4v) is 2.82. The maximum atomic E-state index is 12.3. The Morgan fingerprint density at radius 1 is 1.38 bits per heavy atom. The van der Waals surface area contributed by atoms with Crippen LogP contribution in [0.3, 0.4) is 0 Å². The second-order valence-electron chi connectivity index (χ2n) is 5.69. The first-order valence-electron chi connectivity index (χ1n) is 7.34. The summed E-state index contributed by atoms with van der Waals surface area (Å²) in [7, 11) is 0. The maximum absolute atomic E-state index is 12.3. The Hall–Kier alpha value is -2.11. The van der Waals surface area contributed by atoms with Crippen molar-refractivity contribution in [2.24, 2.45) is 5.92 Å². The Labute approximate surface area is 123 Å². The lowest BCUT2D eigenvalue weighted by Gasteiger charge is -2.31. The van der Waals surface area contributed by atoms with Crippen LogP contribution in [0, 0.1) is 19.8 Å². The summed E-state index contributed by atoms with van der Waals surface area (Å²) >= 11 is 0. The largest absolute Gasteiger partial charge is 0.361 e. The molecule has 1 amide bonds. The third-order valence-corrected chi connectivity index (χ3v) is 4.13. The first-order valence-corrected chi connectivity index (χ1v) is 7.34. The summed E-state index contributed by atoms with van der Waals surface area (Å²) < 4.78 is 7.16. The molecule has 0 aliphatic carbocycles. The van der Waals surface area contributed by atoms with Gasteiger partial charge in [-0.1, -0.05) is 5.16 Å². The quantitative estimate of drug-likeness (QED) is 0.867. The van der Waals surface area contributed by atoms with Crippen molar-refractivity contribution < 1.29 is 9.32 Å². The van der Waals surface area contributed by atoms with Gasteiger partial charge in [0.15, 0.2) is 5.69 Å². The van der Waals surface area contributed by atoms with Crippen LogP contribution in [0.15, 0.2) is 23.0 Å². The monoisotopic (exact) mass is 288 g/mol. The van der Waals surface area contributed by atoms with Crippen LogP contribution in [0.4, 0.5) is 0 Å². The van der Waals surface area contributed by atoms with Crippen molar-refractivity contribution in [1.82, 2.24) is 19.6 Å². The van der Waals surface area contributed by atoms with Gasteiger partial charge in [0.2, 0.25) is 0 Å². The summed E-state index contributed by atoms with van der Waals surface area (Å²) in [6.07, 6.45) is 5.88. The highest BCUT2D eigenvalue weighted by atomic mass is 16.5. The van der Waals surface area contributed by atoms with Gasteiger partial charge in [-0.2, -0.15) is 0 Å². The van der Waals surface area contributed by atoms with E-state index in [4.69, 9.17) is 4.52 Å². The molecular weight excluding hydrogens is 268 g/mol. The van der Waals surface area contributed by atoms with Gasteiger partial charge in [0.25, 0.3) is 5.91 Å². The van der Waals surface area contributed by atoms with Gasteiger partial charge in [-0.25, -0.2) is 4.98 Å². The number of nitrogens with zero attached hydrogens (tertiary/aromatic N) is 4. The van der Waals surface area contributed by atoms with E-state index in [0.717, 1.165) is 38.3 Å². The number of imidazole rings is 1. The smallest absolute Gasteiger partial charge is 0.276 e. The van der Waals surface area contributed by atoms with Crippen LogP contribution < -0.4 is 0 Å². The molecule has 6 heteroatoms. The predicted octanol–water partition coefficient (Wildman–Crippen LogP) is 2.04. The molecule has 1 saturated heterocycles. The molecule has 0 bridgehead atoms. The van der Waals surface area contributed by atoms with E-state index in [-0.39, 0.29) is 5.91 Å². The van der Waals surface area contributed by atoms with Gasteiger partial charge in [0, 0.05) is 38.1 Å². The molecule has 3 rings (SSSR count). The zero-order valence-corrected chi connectivity index (χ0v) is 12.5. The van der Waals surface area contributed by atoms with Crippen molar-refractivity contribution in [2.75, 3.05) is 13.1 Å². The van der Waals surface area contributed by atoms with E-state index in [1.54, 1.807) is 13.0 Å². The molecule has 112 valence electrons. The fourth-order valence-electron chi connectivity index (χ4n) is 2.82. The van der Waals surface area contributed by atoms with Crippen molar-refractivity contribution in [3.63, 3.8) is 0 Å². The number of amides is 1. The molecule has 0 N–H and O–H groups in total. The van der Waals surface area contributed by atoms with Crippen LogP contribution in [0.1, 0.15) is 34.9 Å². The summed E-state index contributed by atoms with van der Waals surface area (Å²) in [5, 5.41) is 3.80. The van der Waals surface area contributed by atoms with Crippen molar-refractivity contribution >= 4 is 5.91 Å². The molecule has 0 spiro atoms. The van der Waals surface area contributed by atoms with E-state index < -0.39 is 0 Å². The highest BCUT2D eigenvalue weighted by molar-refractivity contribution is 5.92. The highest BCUT2D eigenvalue weighted by Crippen LogP contribution is 2.21. The van der Waals surface area contributed by atoms with Crippen LogP contribution in [-0.2, 0) is 6.54 Å². The average Bonchev–Trinajstić information content (AvgIpc) is 3.08. The van der Waals surface area contributed by atoms with Crippen LogP contribution >= 0.6 is 0 Å². The van der Waals surface area contributed by atoms with E-state index in [2.05, 4.69) is 14.7 Å². The molecule has 0 saturated carbocycles. The third kappa shape index (κ3) is 2.99. The number of hydrogen-bond donors (Lipinski definition) is 0. The van der Waals surface area contributed by atoms with Crippen molar-refractivity contribution in [2.45, 2.75) is 33.2 Å². The summed E-state index contributed by atoms with van der Waals surface area (Å²) in [4.78, 5) is 18.4. The number of aryl methyl sites for hydroxylation is 2. The molecule has 0 atom stereocenters. The van der Waals surface area contributed by atoms with Crippen LogP contribution in [0.5, 0.6) is 0 Å². The van der Waals surface area contributed by atoms with Crippen molar-refractivity contribution in [1.29, 1.82) is 0 Å². The first-order chi connectivity index (χ1) is 10.1. The molecule has 2 aromatic rings. The van der Waals surface area contributed by atoms with Gasteiger partial charge in [-0.3, -0.25) is 4.79 Å². The van der Waals surface area contributed by atoms with E-state index >= 15 is 0 Å². The van der Waals surface area contributed by atoms with Gasteiger partial charge < -0.3 is 14.0 Å². The van der Waals surface area contributed by atoms with Gasteiger partial charge in [0.05, 0.1) is 0 Å². The third-order valence-electron chi connectivity index (χ3n) is 4.13. The lowest BCUT2D eigenvalue weighted by molar-refractivity contribution is 0.0672. The van der Waals surface area contributed by atoms with Crippen molar-refractivity contribution in [3.05, 3.63) is 35.7 Å². The molecule has 3 heterocycles. The molecule has 1 aliphatic rings. The number of carbonyl (C=O) groups excluding carboxylic acids is 1. The normalized spacial score (nSPS) is 16.4. The SMILES string of the molecule is Cc1cc(C(=O)N2CCC(Cn3ccnc3C)CC2)no1. The Kier molecular flexibility index (Phi) is 3.77. The average molecular weight is 288 g/mol. The zero-order valence-electron chi connectivity index (χ0n) is 12.5. The van der Waals surface area contributed by atoms with Crippen LogP contribution in [-0.4, -0.2) is 38.6 Å². The van der Waals surface area contributed by atoms with E-state index in [1.165, 1.54) is 0 Å². The van der Waals surface area contributed by atoms with E-state index in [9.17, 15) is 4.79 Å². The number of carbonyl (C=O) groups is 1. The minimum Gasteiger partial charge on any atom is -0.361 e. The highest BCUT2D eigenvalue weighted by Gasteiger charge is 2.25. The molecule has 0 radical (unpaired) electrons. The number of piperidine rings is 1. The molecule has 1 aliphatic heterocycles. The van der Waals surface area contributed by atoms with E-state index in [1.807, 2.05) is 24.2 Å². The number of likely N-dealkylation sites (tertiary alicyclic amines) is 1. The Balaban J connectivity index is 1.55. The summed E-state index contributed by atoms with van der Waals surface area (Å²) in [5.41, 5.74) is 0.413. The molecule has 1 fully saturated rings. The Bertz CT molecular complexity index is 623. The molecule has 2 aromatic heterocycles. The summed E-state index contributed by atoms with van der Waals surface area (Å²) in [5.74, 6) is 2.29. The number of aromatic nitrogens is 3. The molecule has 0 unspecified atom stereocenters. The second kappa shape index (κ2) is 5.71. The number of rotatable bonds is 3. The maximum Gasteiger partial charge on any atom is 0.276 e. The zero-order chi connectivity index (χ0) is 14.8. The Morgan fingerprint density at radius 3 is 2.71 bits per heavy atom. The first kappa shape index (κ1) is 13.9. The molecular formula is C15H20N4O2. The fraction of sp³-hybridized carbons (Fsp3) is 0.533. The standard InChI is InChI=1S/C15H20N4O2/c1-11-9-14(17-21-11)15(20)18-6-3-13(4-7-18)10-19-8-5-16-12(19)2/h5,8-9,13H,3-4,6-7,10H2,1-2H3. The minimum absolute atomic E-state index is 0.0240. The Morgan fingerprint density at radius 2 is 2.14 bits per heavy atom. The van der Waals surface area contributed by atoms with Gasteiger partial charge in [-0.05, 0) is 32.6 Å². The second-order valence-corrected chi connectivity index (χ2v) is 5.69. The predicted molar refractivity (Wildman–Crippen MR) is 76.8 cm³/mol.